The minimum Gasteiger partial charge on any atom is -0.145 e. The van der Waals surface area contributed by atoms with E-state index in [0.29, 0.717) is 0 Å². The zero-order valence-electron chi connectivity index (χ0n) is 11.2. The van der Waals surface area contributed by atoms with Crippen LogP contribution in [0.15, 0.2) is 29.6 Å². The van der Waals surface area contributed by atoms with Crippen molar-refractivity contribution in [2.24, 2.45) is 0 Å². The van der Waals surface area contributed by atoms with Gasteiger partial charge in [0.1, 0.15) is 0 Å². The van der Waals surface area contributed by atoms with Gasteiger partial charge in [0.15, 0.2) is 0 Å². The van der Waals surface area contributed by atoms with Crippen molar-refractivity contribution >= 4 is 34.5 Å². The molecule has 102 valence electrons. The Morgan fingerprint density at radius 2 is 1.89 bits per heavy atom. The van der Waals surface area contributed by atoms with E-state index in [1.165, 1.54) is 18.4 Å². The third-order valence-electron chi connectivity index (χ3n) is 3.25. The van der Waals surface area contributed by atoms with Crippen LogP contribution in [-0.2, 0) is 6.42 Å². The maximum Gasteiger partial charge on any atom is 0.0942 e. The first-order valence-electron chi connectivity index (χ1n) is 6.60. The van der Waals surface area contributed by atoms with Crippen LogP contribution in [0.4, 0.5) is 0 Å². The Kier molecular flexibility index (Phi) is 5.32. The van der Waals surface area contributed by atoms with Gasteiger partial charge < -0.3 is 0 Å². The smallest absolute Gasteiger partial charge is 0.0942 e. The van der Waals surface area contributed by atoms with Crippen molar-refractivity contribution in [1.29, 1.82) is 0 Å². The lowest BCUT2D eigenvalue weighted by molar-refractivity contribution is 0.794. The molecular weight excluding hydrogens is 295 g/mol. The number of hydrogen-bond acceptors (Lipinski definition) is 1. The molecule has 1 unspecified atom stereocenters. The molecule has 0 radical (unpaired) electrons. The summed E-state index contributed by atoms with van der Waals surface area (Å²) in [6, 6.07) is 8.59. The van der Waals surface area contributed by atoms with E-state index < -0.39 is 0 Å². The summed E-state index contributed by atoms with van der Waals surface area (Å²) in [7, 11) is 0. The molecule has 0 aliphatic rings. The molecule has 2 aromatic rings. The van der Waals surface area contributed by atoms with Crippen molar-refractivity contribution in [3.05, 3.63) is 56.2 Å². The van der Waals surface area contributed by atoms with Gasteiger partial charge in [-0.1, -0.05) is 49.2 Å². The monoisotopic (exact) mass is 312 g/mol. The van der Waals surface area contributed by atoms with Gasteiger partial charge in [0.2, 0.25) is 0 Å². The first-order chi connectivity index (χ1) is 9.13. The summed E-state index contributed by atoms with van der Waals surface area (Å²) in [6.45, 7) is 4.23. The molecule has 3 heteroatoms. The molecule has 0 aliphatic carbocycles. The predicted octanol–water partition coefficient (Wildman–Crippen LogP) is 6.38. The van der Waals surface area contributed by atoms with Crippen LogP contribution in [0, 0.1) is 6.92 Å². The van der Waals surface area contributed by atoms with E-state index in [1.807, 2.05) is 6.92 Å². The lowest BCUT2D eigenvalue weighted by Crippen LogP contribution is -1.92. The Bertz CT molecular complexity index is 528. The zero-order valence-corrected chi connectivity index (χ0v) is 13.6. The van der Waals surface area contributed by atoms with Crippen LogP contribution in [0.1, 0.15) is 46.7 Å². The number of benzene rings is 1. The third-order valence-corrected chi connectivity index (χ3v) is 5.63. The van der Waals surface area contributed by atoms with Gasteiger partial charge in [-0.15, -0.1) is 22.9 Å². The number of thiophene rings is 1. The van der Waals surface area contributed by atoms with Crippen LogP contribution >= 0.6 is 34.5 Å². The molecule has 0 N–H and O–H groups in total. The molecule has 0 bridgehead atoms. The Morgan fingerprint density at radius 3 is 2.42 bits per heavy atom. The van der Waals surface area contributed by atoms with E-state index in [0.717, 1.165) is 27.4 Å². The topological polar surface area (TPSA) is 0 Å². The first-order valence-corrected chi connectivity index (χ1v) is 8.29. The molecule has 1 heterocycles. The summed E-state index contributed by atoms with van der Waals surface area (Å²) < 4.78 is 0. The summed E-state index contributed by atoms with van der Waals surface area (Å²) in [5, 5.41) is 2.72. The molecule has 1 aromatic heterocycles. The van der Waals surface area contributed by atoms with E-state index >= 15 is 0 Å². The van der Waals surface area contributed by atoms with Gasteiger partial charge in [-0.05, 0) is 41.8 Å². The largest absolute Gasteiger partial charge is 0.145 e. The van der Waals surface area contributed by atoms with E-state index in [4.69, 9.17) is 23.2 Å². The lowest BCUT2D eigenvalue weighted by atomic mass is 10.0. The maximum absolute atomic E-state index is 6.53. The molecule has 0 aliphatic heterocycles. The quantitative estimate of drug-likeness (QED) is 0.562. The molecule has 19 heavy (non-hydrogen) atoms. The van der Waals surface area contributed by atoms with Crippen molar-refractivity contribution < 1.29 is 0 Å². The summed E-state index contributed by atoms with van der Waals surface area (Å²) >= 11 is 14.4. The van der Waals surface area contributed by atoms with Gasteiger partial charge in [0.05, 0.1) is 10.4 Å². The fourth-order valence-electron chi connectivity index (χ4n) is 2.01. The SMILES string of the molecule is CCCCc1ccc(C(Cl)c2scc(C)c2Cl)cc1. The molecule has 0 saturated heterocycles. The van der Waals surface area contributed by atoms with Crippen molar-refractivity contribution in [3.63, 3.8) is 0 Å². The zero-order chi connectivity index (χ0) is 13.8. The van der Waals surface area contributed by atoms with Gasteiger partial charge in [-0.25, -0.2) is 0 Å². The second kappa shape index (κ2) is 6.78. The number of aryl methyl sites for hydroxylation is 2. The van der Waals surface area contributed by atoms with E-state index in [1.54, 1.807) is 11.3 Å². The van der Waals surface area contributed by atoms with Crippen molar-refractivity contribution in [2.75, 3.05) is 0 Å². The van der Waals surface area contributed by atoms with Crippen molar-refractivity contribution in [1.82, 2.24) is 0 Å². The van der Waals surface area contributed by atoms with Crippen LogP contribution in [0.25, 0.3) is 0 Å². The maximum atomic E-state index is 6.53. The second-order valence-electron chi connectivity index (χ2n) is 4.80. The van der Waals surface area contributed by atoms with E-state index in [9.17, 15) is 0 Å². The average Bonchev–Trinajstić information content (AvgIpc) is 2.76. The molecule has 0 amide bonds. The fraction of sp³-hybridized carbons (Fsp3) is 0.375. The highest BCUT2D eigenvalue weighted by molar-refractivity contribution is 7.11. The number of alkyl halides is 1. The highest BCUT2D eigenvalue weighted by atomic mass is 35.5. The summed E-state index contributed by atoms with van der Waals surface area (Å²) in [5.74, 6) is 0. The predicted molar refractivity (Wildman–Crippen MR) is 86.8 cm³/mol. The Labute approximate surface area is 129 Å². The van der Waals surface area contributed by atoms with Gasteiger partial charge in [-0.3, -0.25) is 0 Å². The molecule has 1 aromatic carbocycles. The van der Waals surface area contributed by atoms with Crippen LogP contribution in [-0.4, -0.2) is 0 Å². The second-order valence-corrected chi connectivity index (χ2v) is 6.53. The van der Waals surface area contributed by atoms with Crippen LogP contribution < -0.4 is 0 Å². The Morgan fingerprint density at radius 1 is 1.21 bits per heavy atom. The van der Waals surface area contributed by atoms with E-state index in [-0.39, 0.29) is 5.38 Å². The normalized spacial score (nSPS) is 12.6. The minimum atomic E-state index is -0.147. The summed E-state index contributed by atoms with van der Waals surface area (Å²) in [5.41, 5.74) is 3.60. The van der Waals surface area contributed by atoms with Crippen LogP contribution in [0.3, 0.4) is 0 Å². The molecule has 0 spiro atoms. The highest BCUT2D eigenvalue weighted by Gasteiger charge is 2.17. The molecule has 2 rings (SSSR count). The van der Waals surface area contributed by atoms with Crippen molar-refractivity contribution in [3.8, 4) is 0 Å². The minimum absolute atomic E-state index is 0.147. The summed E-state index contributed by atoms with van der Waals surface area (Å²) in [4.78, 5) is 1.04. The van der Waals surface area contributed by atoms with Gasteiger partial charge in [0, 0.05) is 4.88 Å². The number of rotatable bonds is 5. The Balaban J connectivity index is 2.15. The van der Waals surface area contributed by atoms with Crippen LogP contribution in [0.2, 0.25) is 5.02 Å². The molecule has 1 atom stereocenters. The average molecular weight is 313 g/mol. The molecular formula is C16H18Cl2S. The molecule has 0 saturated carbocycles. The Hall–Kier alpha value is -0.500. The standard InChI is InChI=1S/C16H18Cl2S/c1-3-4-5-12-6-8-13(9-7-12)15(18)16-14(17)11(2)10-19-16/h6-10,15H,3-5H2,1-2H3. The fourth-order valence-corrected chi connectivity index (χ4v) is 3.77. The summed E-state index contributed by atoms with van der Waals surface area (Å²) in [6.07, 6.45) is 3.60. The number of hydrogen-bond donors (Lipinski definition) is 0. The molecule has 0 nitrogen and oxygen atoms in total. The number of halogens is 2. The third kappa shape index (κ3) is 3.53. The van der Waals surface area contributed by atoms with Gasteiger partial charge >= 0.3 is 0 Å². The van der Waals surface area contributed by atoms with Gasteiger partial charge in [0.25, 0.3) is 0 Å². The van der Waals surface area contributed by atoms with Crippen molar-refractivity contribution in [2.45, 2.75) is 38.5 Å². The number of unbranched alkanes of at least 4 members (excludes halogenated alkanes) is 1. The van der Waals surface area contributed by atoms with Gasteiger partial charge in [-0.2, -0.15) is 0 Å². The van der Waals surface area contributed by atoms with Crippen LogP contribution in [0.5, 0.6) is 0 Å². The molecule has 0 fully saturated rings. The first kappa shape index (κ1) is 14.9. The van der Waals surface area contributed by atoms with E-state index in [2.05, 4.69) is 36.6 Å². The highest BCUT2D eigenvalue weighted by Crippen LogP contribution is 2.39. The lowest BCUT2D eigenvalue weighted by Gasteiger charge is -2.10.